The van der Waals surface area contributed by atoms with Crippen LogP contribution in [-0.2, 0) is 6.54 Å². The Morgan fingerprint density at radius 1 is 1.14 bits per heavy atom. The van der Waals surface area contributed by atoms with Crippen molar-refractivity contribution in [1.29, 1.82) is 0 Å². The summed E-state index contributed by atoms with van der Waals surface area (Å²) in [5.74, 6) is 1.63. The topological polar surface area (TPSA) is 84.7 Å². The van der Waals surface area contributed by atoms with Crippen LogP contribution in [0.5, 0.6) is 0 Å². The SMILES string of the molecule is CCCNc1nc(SCC)nc2c1cnn2CCNC(=O)c1ccc(C)cc1. The van der Waals surface area contributed by atoms with Gasteiger partial charge in [-0.15, -0.1) is 0 Å². The van der Waals surface area contributed by atoms with Crippen molar-refractivity contribution < 1.29 is 4.79 Å². The molecule has 0 atom stereocenters. The van der Waals surface area contributed by atoms with E-state index >= 15 is 0 Å². The smallest absolute Gasteiger partial charge is 0.251 e. The Morgan fingerprint density at radius 2 is 1.93 bits per heavy atom. The van der Waals surface area contributed by atoms with Crippen molar-refractivity contribution in [1.82, 2.24) is 25.1 Å². The van der Waals surface area contributed by atoms with E-state index in [0.29, 0.717) is 18.7 Å². The van der Waals surface area contributed by atoms with Crippen LogP contribution in [0.3, 0.4) is 0 Å². The van der Waals surface area contributed by atoms with Gasteiger partial charge in [-0.1, -0.05) is 43.3 Å². The first-order valence-electron chi connectivity index (χ1n) is 9.57. The van der Waals surface area contributed by atoms with Crippen LogP contribution < -0.4 is 10.6 Å². The average Bonchev–Trinajstić information content (AvgIpc) is 3.10. The molecule has 0 saturated heterocycles. The predicted molar refractivity (Wildman–Crippen MR) is 114 cm³/mol. The number of nitrogens with zero attached hydrogens (tertiary/aromatic N) is 4. The number of carbonyl (C=O) groups excluding carboxylic acids is 1. The van der Waals surface area contributed by atoms with Crippen LogP contribution in [0.25, 0.3) is 11.0 Å². The van der Waals surface area contributed by atoms with E-state index in [0.717, 1.165) is 46.3 Å². The Morgan fingerprint density at radius 3 is 2.64 bits per heavy atom. The normalized spacial score (nSPS) is 11.0. The zero-order valence-corrected chi connectivity index (χ0v) is 17.3. The lowest BCUT2D eigenvalue weighted by atomic mass is 10.1. The highest BCUT2D eigenvalue weighted by Gasteiger charge is 2.13. The van der Waals surface area contributed by atoms with Crippen molar-refractivity contribution in [3.05, 3.63) is 41.6 Å². The molecule has 0 saturated carbocycles. The number of fused-ring (bicyclic) bond motifs is 1. The highest BCUT2D eigenvalue weighted by molar-refractivity contribution is 7.99. The minimum atomic E-state index is -0.0846. The molecule has 0 aliphatic carbocycles. The van der Waals surface area contributed by atoms with Crippen LogP contribution in [0.4, 0.5) is 5.82 Å². The van der Waals surface area contributed by atoms with Gasteiger partial charge < -0.3 is 10.6 Å². The molecular weight excluding hydrogens is 372 g/mol. The standard InChI is InChI=1S/C20H26N6OS/c1-4-10-21-17-16-13-23-26(18(16)25-20(24-17)28-5-2)12-11-22-19(27)15-8-6-14(3)7-9-15/h6-9,13H,4-5,10-12H2,1-3H3,(H,22,27)(H,21,24,25). The molecule has 8 heteroatoms. The number of thioether (sulfide) groups is 1. The largest absolute Gasteiger partial charge is 0.369 e. The molecule has 0 unspecified atom stereocenters. The van der Waals surface area contributed by atoms with Gasteiger partial charge in [0.05, 0.1) is 18.1 Å². The van der Waals surface area contributed by atoms with Gasteiger partial charge in [-0.25, -0.2) is 14.6 Å². The van der Waals surface area contributed by atoms with Gasteiger partial charge in [-0.3, -0.25) is 4.79 Å². The zero-order chi connectivity index (χ0) is 19.9. The Hall–Kier alpha value is -2.61. The molecule has 2 aromatic heterocycles. The van der Waals surface area contributed by atoms with Gasteiger partial charge in [0.25, 0.3) is 5.91 Å². The molecule has 0 bridgehead atoms. The van der Waals surface area contributed by atoms with Crippen LogP contribution in [0.2, 0.25) is 0 Å². The summed E-state index contributed by atoms with van der Waals surface area (Å²) in [6, 6.07) is 7.54. The molecule has 3 aromatic rings. The zero-order valence-electron chi connectivity index (χ0n) is 16.5. The van der Waals surface area contributed by atoms with E-state index < -0.39 is 0 Å². The van der Waals surface area contributed by atoms with Gasteiger partial charge in [-0.05, 0) is 31.2 Å². The van der Waals surface area contributed by atoms with Crippen LogP contribution in [0.1, 0.15) is 36.2 Å². The van der Waals surface area contributed by atoms with E-state index in [1.54, 1.807) is 18.0 Å². The van der Waals surface area contributed by atoms with E-state index in [1.165, 1.54) is 0 Å². The lowest BCUT2D eigenvalue weighted by molar-refractivity contribution is 0.0952. The molecule has 28 heavy (non-hydrogen) atoms. The van der Waals surface area contributed by atoms with E-state index in [2.05, 4.69) is 39.5 Å². The van der Waals surface area contributed by atoms with E-state index in [-0.39, 0.29) is 5.91 Å². The summed E-state index contributed by atoms with van der Waals surface area (Å²) in [6.45, 7) is 8.06. The summed E-state index contributed by atoms with van der Waals surface area (Å²) < 4.78 is 1.82. The molecular formula is C20H26N6OS. The maximum Gasteiger partial charge on any atom is 0.251 e. The van der Waals surface area contributed by atoms with Crippen LogP contribution in [-0.4, -0.2) is 44.5 Å². The van der Waals surface area contributed by atoms with E-state index in [1.807, 2.05) is 35.9 Å². The van der Waals surface area contributed by atoms with E-state index in [9.17, 15) is 4.79 Å². The molecule has 1 amide bonds. The Balaban J connectivity index is 1.72. The molecule has 0 aliphatic heterocycles. The molecule has 7 nitrogen and oxygen atoms in total. The minimum Gasteiger partial charge on any atom is -0.369 e. The Labute approximate surface area is 169 Å². The summed E-state index contributed by atoms with van der Waals surface area (Å²) >= 11 is 1.60. The quantitative estimate of drug-likeness (QED) is 0.424. The van der Waals surface area contributed by atoms with Crippen molar-refractivity contribution in [2.45, 2.75) is 38.9 Å². The summed E-state index contributed by atoms with van der Waals surface area (Å²) in [6.07, 6.45) is 2.80. The minimum absolute atomic E-state index is 0.0846. The maximum absolute atomic E-state index is 12.3. The van der Waals surface area contributed by atoms with Gasteiger partial charge >= 0.3 is 0 Å². The van der Waals surface area contributed by atoms with Gasteiger partial charge in [-0.2, -0.15) is 5.10 Å². The number of anilines is 1. The summed E-state index contributed by atoms with van der Waals surface area (Å²) in [4.78, 5) is 21.6. The second-order valence-electron chi connectivity index (χ2n) is 6.44. The summed E-state index contributed by atoms with van der Waals surface area (Å²) in [5, 5.41) is 12.4. The second-order valence-corrected chi connectivity index (χ2v) is 7.67. The summed E-state index contributed by atoms with van der Waals surface area (Å²) in [7, 11) is 0. The fourth-order valence-electron chi connectivity index (χ4n) is 2.75. The molecule has 0 spiro atoms. The van der Waals surface area contributed by atoms with Gasteiger partial charge in [0.1, 0.15) is 5.82 Å². The molecule has 0 fully saturated rings. The number of hydrogen-bond donors (Lipinski definition) is 2. The number of amides is 1. The first-order valence-corrected chi connectivity index (χ1v) is 10.6. The molecule has 148 valence electrons. The lowest BCUT2D eigenvalue weighted by Gasteiger charge is -2.09. The highest BCUT2D eigenvalue weighted by atomic mass is 32.2. The number of hydrogen-bond acceptors (Lipinski definition) is 6. The predicted octanol–water partition coefficient (Wildman–Crippen LogP) is 3.50. The third-order valence-electron chi connectivity index (χ3n) is 4.21. The van der Waals surface area contributed by atoms with Gasteiger partial charge in [0, 0.05) is 18.7 Å². The number of aromatic nitrogens is 4. The van der Waals surface area contributed by atoms with Crippen molar-refractivity contribution >= 4 is 34.5 Å². The molecule has 0 radical (unpaired) electrons. The third kappa shape index (κ3) is 4.81. The third-order valence-corrected chi connectivity index (χ3v) is 4.94. The highest BCUT2D eigenvalue weighted by Crippen LogP contribution is 2.24. The van der Waals surface area contributed by atoms with Crippen LogP contribution in [0, 0.1) is 6.92 Å². The van der Waals surface area contributed by atoms with Gasteiger partial charge in [0.15, 0.2) is 10.8 Å². The van der Waals surface area contributed by atoms with Crippen molar-refractivity contribution in [2.24, 2.45) is 0 Å². The lowest BCUT2D eigenvalue weighted by Crippen LogP contribution is -2.27. The maximum atomic E-state index is 12.3. The number of carbonyl (C=O) groups is 1. The van der Waals surface area contributed by atoms with Crippen molar-refractivity contribution in [3.63, 3.8) is 0 Å². The molecule has 2 N–H and O–H groups in total. The Kier molecular flexibility index (Phi) is 6.86. The number of nitrogens with one attached hydrogen (secondary N) is 2. The first-order chi connectivity index (χ1) is 13.6. The van der Waals surface area contributed by atoms with E-state index in [4.69, 9.17) is 0 Å². The fraction of sp³-hybridized carbons (Fsp3) is 0.400. The summed E-state index contributed by atoms with van der Waals surface area (Å²) in [5.41, 5.74) is 2.58. The Bertz CT molecular complexity index is 938. The first kappa shape index (κ1) is 20.1. The van der Waals surface area contributed by atoms with Crippen LogP contribution in [0.15, 0.2) is 35.6 Å². The molecule has 2 heterocycles. The number of aryl methyl sites for hydroxylation is 1. The molecule has 0 aliphatic rings. The monoisotopic (exact) mass is 398 g/mol. The second kappa shape index (κ2) is 9.54. The van der Waals surface area contributed by atoms with Gasteiger partial charge in [0.2, 0.25) is 0 Å². The molecule has 3 rings (SSSR count). The average molecular weight is 399 g/mol. The van der Waals surface area contributed by atoms with Crippen molar-refractivity contribution in [2.75, 3.05) is 24.2 Å². The fourth-order valence-corrected chi connectivity index (χ4v) is 3.32. The molecule has 1 aromatic carbocycles. The van der Waals surface area contributed by atoms with Crippen LogP contribution >= 0.6 is 11.8 Å². The number of rotatable bonds is 9. The van der Waals surface area contributed by atoms with Crippen molar-refractivity contribution in [3.8, 4) is 0 Å². The number of benzene rings is 1.